The van der Waals surface area contributed by atoms with Crippen molar-refractivity contribution >= 4 is 51.0 Å². The molecule has 5 rings (SSSR count). The van der Waals surface area contributed by atoms with E-state index in [0.717, 1.165) is 27.0 Å². The number of benzene rings is 2. The Morgan fingerprint density at radius 2 is 1.88 bits per heavy atom. The zero-order chi connectivity index (χ0) is 29.3. The summed E-state index contributed by atoms with van der Waals surface area (Å²) >= 11 is 9.76. The monoisotopic (exact) mass is 641 g/mol. The Bertz CT molecular complexity index is 1480. The highest BCUT2D eigenvalue weighted by atomic mass is 79.9. The number of ether oxygens (including phenoxy) is 1. The summed E-state index contributed by atoms with van der Waals surface area (Å²) in [7, 11) is 0. The van der Waals surface area contributed by atoms with Crippen LogP contribution in [0, 0.1) is 25.2 Å². The van der Waals surface area contributed by atoms with Gasteiger partial charge in [-0.15, -0.1) is 5.10 Å². The minimum atomic E-state index is -0.815. The first-order valence-corrected chi connectivity index (χ1v) is 15.0. The van der Waals surface area contributed by atoms with Gasteiger partial charge in [0, 0.05) is 47.7 Å². The average Bonchev–Trinajstić information content (AvgIpc) is 3.57. The summed E-state index contributed by atoms with van der Waals surface area (Å²) in [5, 5.41) is 9.23. The van der Waals surface area contributed by atoms with Crippen LogP contribution in [0.15, 0.2) is 47.1 Å². The van der Waals surface area contributed by atoms with Crippen LogP contribution < -0.4 is 4.90 Å². The number of hydrogen-bond acceptors (Lipinski definition) is 6. The average molecular weight is 643 g/mol. The number of anilines is 1. The van der Waals surface area contributed by atoms with Crippen LogP contribution in [0.4, 0.5) is 5.69 Å². The Labute approximate surface area is 252 Å². The normalized spacial score (nSPS) is 18.6. The first-order chi connectivity index (χ1) is 19.6. The van der Waals surface area contributed by atoms with Gasteiger partial charge in [-0.25, -0.2) is 4.68 Å². The minimum Gasteiger partial charge on any atom is -0.466 e. The molecule has 9 nitrogen and oxygen atoms in total. The first-order valence-electron chi connectivity index (χ1n) is 13.8. The van der Waals surface area contributed by atoms with E-state index in [1.807, 2.05) is 56.4 Å². The molecule has 0 saturated carbocycles. The van der Waals surface area contributed by atoms with Crippen molar-refractivity contribution in [3.05, 3.63) is 68.9 Å². The third-order valence-corrected chi connectivity index (χ3v) is 9.05. The van der Waals surface area contributed by atoms with Crippen LogP contribution in [0.3, 0.4) is 0 Å². The summed E-state index contributed by atoms with van der Waals surface area (Å²) in [6.07, 6.45) is 3.22. The van der Waals surface area contributed by atoms with Gasteiger partial charge >= 0.3 is 5.97 Å². The van der Waals surface area contributed by atoms with E-state index in [1.165, 1.54) is 0 Å². The van der Waals surface area contributed by atoms with Gasteiger partial charge in [0.1, 0.15) is 0 Å². The molecule has 2 aromatic carbocycles. The number of nitrogens with zero attached hydrogens (tertiary/aromatic N) is 5. The van der Waals surface area contributed by atoms with E-state index in [4.69, 9.17) is 16.3 Å². The Hall–Kier alpha value is -3.24. The quantitative estimate of drug-likeness (QED) is 0.334. The van der Waals surface area contributed by atoms with Gasteiger partial charge in [-0.3, -0.25) is 14.4 Å². The standard InChI is InChI=1S/C30H33BrClN5O4/c1-4-41-29(40)30(16-23-18-37(34-33-23)24-7-5-19(2)25(32)15-24)9-11-35(12-10-30)28(39)21-14-27(38)36(17-21)26-8-6-22(31)13-20(26)3/h5-8,13,15,18,21H,4,9-12,14,16-17H2,1-3H3. The fraction of sp³-hybridized carbons (Fsp3) is 0.433. The molecule has 1 atom stereocenters. The van der Waals surface area contributed by atoms with Gasteiger partial charge in [-0.2, -0.15) is 0 Å². The topological polar surface area (TPSA) is 97.6 Å². The number of halogens is 2. The second-order valence-electron chi connectivity index (χ2n) is 10.9. The van der Waals surface area contributed by atoms with Crippen LogP contribution in [0.25, 0.3) is 5.69 Å². The number of piperidine rings is 1. The highest BCUT2D eigenvalue weighted by Crippen LogP contribution is 2.38. The molecule has 0 spiro atoms. The predicted octanol–water partition coefficient (Wildman–Crippen LogP) is 5.07. The van der Waals surface area contributed by atoms with E-state index in [9.17, 15) is 14.4 Å². The fourth-order valence-electron chi connectivity index (χ4n) is 5.75. The summed E-state index contributed by atoms with van der Waals surface area (Å²) in [5.41, 5.74) is 3.40. The maximum Gasteiger partial charge on any atom is 0.312 e. The van der Waals surface area contributed by atoms with Gasteiger partial charge < -0.3 is 14.5 Å². The molecule has 0 radical (unpaired) electrons. The molecule has 3 heterocycles. The van der Waals surface area contributed by atoms with Crippen molar-refractivity contribution in [2.75, 3.05) is 31.1 Å². The van der Waals surface area contributed by atoms with Crippen molar-refractivity contribution in [1.82, 2.24) is 19.9 Å². The zero-order valence-corrected chi connectivity index (χ0v) is 25.7. The summed E-state index contributed by atoms with van der Waals surface area (Å²) in [6.45, 7) is 7.11. The first kappa shape index (κ1) is 29.3. The number of hydrogen-bond donors (Lipinski definition) is 0. The number of amides is 2. The SMILES string of the molecule is CCOC(=O)C1(Cc2cn(-c3ccc(C)c(Cl)c3)nn2)CCN(C(=O)C2CC(=O)N(c3ccc(Br)cc3C)C2)CC1. The number of likely N-dealkylation sites (tertiary alicyclic amines) is 1. The lowest BCUT2D eigenvalue weighted by Crippen LogP contribution is -2.50. The number of esters is 1. The van der Waals surface area contributed by atoms with Gasteiger partial charge in [-0.05, 0) is 75.1 Å². The van der Waals surface area contributed by atoms with Gasteiger partial charge in [-0.1, -0.05) is 38.8 Å². The zero-order valence-electron chi connectivity index (χ0n) is 23.4. The molecule has 216 valence electrons. The summed E-state index contributed by atoms with van der Waals surface area (Å²) in [4.78, 5) is 43.2. The van der Waals surface area contributed by atoms with Crippen molar-refractivity contribution in [3.63, 3.8) is 0 Å². The van der Waals surface area contributed by atoms with Gasteiger partial charge in [0.2, 0.25) is 11.8 Å². The molecule has 2 saturated heterocycles. The van der Waals surface area contributed by atoms with Gasteiger partial charge in [0.25, 0.3) is 0 Å². The molecule has 2 fully saturated rings. The largest absolute Gasteiger partial charge is 0.466 e. The highest BCUT2D eigenvalue weighted by Gasteiger charge is 2.46. The van der Waals surface area contributed by atoms with Gasteiger partial charge in [0.05, 0.1) is 35.5 Å². The van der Waals surface area contributed by atoms with E-state index in [2.05, 4.69) is 26.2 Å². The van der Waals surface area contributed by atoms with Crippen LogP contribution >= 0.6 is 27.5 Å². The lowest BCUT2D eigenvalue weighted by Gasteiger charge is -2.40. The molecular weight excluding hydrogens is 610 g/mol. The van der Waals surface area contributed by atoms with Crippen LogP contribution in [-0.4, -0.2) is 63.9 Å². The maximum absolute atomic E-state index is 13.5. The Morgan fingerprint density at radius 3 is 2.56 bits per heavy atom. The molecule has 1 aromatic heterocycles. The third kappa shape index (κ3) is 6.04. The molecule has 2 amide bonds. The molecule has 2 aliphatic heterocycles. The predicted molar refractivity (Wildman–Crippen MR) is 159 cm³/mol. The number of carbonyl (C=O) groups is 3. The van der Waals surface area contributed by atoms with Crippen LogP contribution in [-0.2, 0) is 25.5 Å². The van der Waals surface area contributed by atoms with Crippen LogP contribution in [0.2, 0.25) is 5.02 Å². The fourth-order valence-corrected chi connectivity index (χ4v) is 6.41. The Morgan fingerprint density at radius 1 is 1.12 bits per heavy atom. The minimum absolute atomic E-state index is 0.0460. The molecule has 11 heteroatoms. The van der Waals surface area contributed by atoms with Crippen molar-refractivity contribution in [2.45, 2.75) is 46.5 Å². The van der Waals surface area contributed by atoms with Crippen molar-refractivity contribution in [3.8, 4) is 5.69 Å². The summed E-state index contributed by atoms with van der Waals surface area (Å²) in [5.74, 6) is -0.797. The van der Waals surface area contributed by atoms with E-state index in [1.54, 1.807) is 21.4 Å². The van der Waals surface area contributed by atoms with E-state index in [-0.39, 0.29) is 30.8 Å². The van der Waals surface area contributed by atoms with Gasteiger partial charge in [0.15, 0.2) is 0 Å². The third-order valence-electron chi connectivity index (χ3n) is 8.14. The van der Waals surface area contributed by atoms with Crippen molar-refractivity contribution in [2.24, 2.45) is 11.3 Å². The smallest absolute Gasteiger partial charge is 0.312 e. The maximum atomic E-state index is 13.5. The molecule has 1 unspecified atom stereocenters. The number of aromatic nitrogens is 3. The lowest BCUT2D eigenvalue weighted by atomic mass is 9.74. The number of rotatable bonds is 7. The second kappa shape index (κ2) is 11.9. The van der Waals surface area contributed by atoms with E-state index in [0.29, 0.717) is 49.6 Å². The molecule has 0 bridgehead atoms. The molecular formula is C30H33BrClN5O4. The van der Waals surface area contributed by atoms with Crippen molar-refractivity contribution in [1.29, 1.82) is 0 Å². The van der Waals surface area contributed by atoms with Crippen molar-refractivity contribution < 1.29 is 19.1 Å². The molecule has 0 N–H and O–H groups in total. The molecule has 3 aromatic rings. The second-order valence-corrected chi connectivity index (χ2v) is 12.2. The Balaban J connectivity index is 1.27. The summed E-state index contributed by atoms with van der Waals surface area (Å²) < 4.78 is 8.09. The lowest BCUT2D eigenvalue weighted by molar-refractivity contribution is -0.160. The molecule has 0 aliphatic carbocycles. The van der Waals surface area contributed by atoms with Crippen LogP contribution in [0.5, 0.6) is 0 Å². The highest BCUT2D eigenvalue weighted by molar-refractivity contribution is 9.10. The molecule has 2 aliphatic rings. The van der Waals surface area contributed by atoms with E-state index < -0.39 is 11.3 Å². The molecule has 41 heavy (non-hydrogen) atoms. The number of aryl methyl sites for hydroxylation is 2. The Kier molecular flexibility index (Phi) is 8.52. The summed E-state index contributed by atoms with van der Waals surface area (Å²) in [6, 6.07) is 11.4. The number of carbonyl (C=O) groups excluding carboxylic acids is 3. The van der Waals surface area contributed by atoms with Crippen LogP contribution in [0.1, 0.15) is 43.0 Å². The van der Waals surface area contributed by atoms with E-state index >= 15 is 0 Å².